The van der Waals surface area contributed by atoms with Gasteiger partial charge in [0.15, 0.2) is 0 Å². The summed E-state index contributed by atoms with van der Waals surface area (Å²) in [5, 5.41) is 9.86. The van der Waals surface area contributed by atoms with Crippen molar-refractivity contribution < 1.29 is 19.4 Å². The van der Waals surface area contributed by atoms with Crippen molar-refractivity contribution in [1.29, 1.82) is 0 Å². The predicted molar refractivity (Wildman–Crippen MR) is 85.3 cm³/mol. The Morgan fingerprint density at radius 2 is 2.35 bits per heavy atom. The summed E-state index contributed by atoms with van der Waals surface area (Å²) in [7, 11) is 1.62. The van der Waals surface area contributed by atoms with Gasteiger partial charge in [0, 0.05) is 29.6 Å². The zero-order valence-electron chi connectivity index (χ0n) is 12.6. The zero-order valence-corrected chi connectivity index (χ0v) is 13.4. The fourth-order valence-electron chi connectivity index (χ4n) is 2.55. The lowest BCUT2D eigenvalue weighted by Crippen LogP contribution is -2.25. The lowest BCUT2D eigenvalue weighted by atomic mass is 10.1. The summed E-state index contributed by atoms with van der Waals surface area (Å²) >= 11 is 1.50. The number of methoxy groups -OCH3 is 1. The van der Waals surface area contributed by atoms with Gasteiger partial charge in [-0.25, -0.2) is 4.98 Å². The van der Waals surface area contributed by atoms with Gasteiger partial charge in [-0.05, 0) is 12.1 Å². The number of ether oxygens (including phenoxy) is 1. The lowest BCUT2D eigenvalue weighted by molar-refractivity contribution is -0.141. The van der Waals surface area contributed by atoms with E-state index < -0.39 is 11.9 Å². The molecule has 1 N–H and O–H groups in total. The van der Waals surface area contributed by atoms with Crippen molar-refractivity contribution in [1.82, 2.24) is 9.88 Å². The minimum atomic E-state index is -0.915. The number of hydrogen-bond acceptors (Lipinski definition) is 5. The molecule has 0 aliphatic carbocycles. The molecule has 120 valence electrons. The van der Waals surface area contributed by atoms with E-state index in [2.05, 4.69) is 4.98 Å². The third-order valence-corrected chi connectivity index (χ3v) is 4.81. The molecule has 0 radical (unpaired) electrons. The minimum absolute atomic E-state index is 0.0802. The Labute approximate surface area is 137 Å². The first-order valence-electron chi connectivity index (χ1n) is 7.16. The highest BCUT2D eigenvalue weighted by atomic mass is 32.1. The highest BCUT2D eigenvalue weighted by molar-refractivity contribution is 7.15. The number of hydrogen-bond donors (Lipinski definition) is 1. The number of carbonyl (C=O) groups excluding carboxylic acids is 1. The first kappa shape index (κ1) is 15.5. The number of nitrogens with zero attached hydrogens (tertiary/aromatic N) is 2. The predicted octanol–water partition coefficient (Wildman–Crippen LogP) is 2.25. The van der Waals surface area contributed by atoms with Gasteiger partial charge in [0.25, 0.3) is 0 Å². The van der Waals surface area contributed by atoms with Crippen molar-refractivity contribution in [3.63, 3.8) is 0 Å². The van der Waals surface area contributed by atoms with E-state index in [0.717, 1.165) is 21.2 Å². The number of rotatable bonds is 5. The van der Waals surface area contributed by atoms with E-state index in [1.54, 1.807) is 18.2 Å². The standard InChI is InChI=1S/C16H16N2O4S/c1-22-12-4-2-3-10(5-12)15-17-7-13(23-15)9-18-8-11(16(20)21)6-14(18)19/h2-5,7,11H,6,8-9H2,1H3,(H,20,21). The molecule has 6 nitrogen and oxygen atoms in total. The Morgan fingerprint density at radius 1 is 1.52 bits per heavy atom. The van der Waals surface area contributed by atoms with Crippen LogP contribution in [0.3, 0.4) is 0 Å². The number of aromatic nitrogens is 1. The summed E-state index contributed by atoms with van der Waals surface area (Å²) in [5.74, 6) is -0.873. The number of carboxylic acid groups (broad SMARTS) is 1. The van der Waals surface area contributed by atoms with E-state index in [1.807, 2.05) is 24.3 Å². The van der Waals surface area contributed by atoms with Crippen LogP contribution in [0, 0.1) is 5.92 Å². The summed E-state index contributed by atoms with van der Waals surface area (Å²) in [4.78, 5) is 29.8. The first-order chi connectivity index (χ1) is 11.1. The molecule has 3 rings (SSSR count). The van der Waals surface area contributed by atoms with Crippen LogP contribution in [-0.2, 0) is 16.1 Å². The first-order valence-corrected chi connectivity index (χ1v) is 7.98. The van der Waals surface area contributed by atoms with Crippen LogP contribution >= 0.6 is 11.3 Å². The highest BCUT2D eigenvalue weighted by Gasteiger charge is 2.34. The van der Waals surface area contributed by atoms with Crippen LogP contribution in [0.1, 0.15) is 11.3 Å². The van der Waals surface area contributed by atoms with Gasteiger partial charge in [-0.15, -0.1) is 11.3 Å². The smallest absolute Gasteiger partial charge is 0.308 e. The maximum atomic E-state index is 11.9. The summed E-state index contributed by atoms with van der Waals surface area (Å²) in [5.41, 5.74) is 0.955. The number of benzene rings is 1. The van der Waals surface area contributed by atoms with Gasteiger partial charge in [-0.1, -0.05) is 12.1 Å². The number of aliphatic carboxylic acids is 1. The lowest BCUT2D eigenvalue weighted by Gasteiger charge is -2.14. The van der Waals surface area contributed by atoms with E-state index in [-0.39, 0.29) is 18.9 Å². The Balaban J connectivity index is 1.72. The summed E-state index contributed by atoms with van der Waals surface area (Å²) in [6.45, 7) is 0.671. The summed E-state index contributed by atoms with van der Waals surface area (Å²) in [6.07, 6.45) is 1.82. The molecule has 1 unspecified atom stereocenters. The van der Waals surface area contributed by atoms with Crippen LogP contribution in [0.25, 0.3) is 10.6 Å². The molecule has 0 saturated carbocycles. The molecular formula is C16H16N2O4S. The molecule has 1 amide bonds. The molecule has 1 aliphatic rings. The largest absolute Gasteiger partial charge is 0.497 e. The fourth-order valence-corrected chi connectivity index (χ4v) is 3.47. The minimum Gasteiger partial charge on any atom is -0.497 e. The number of thiazole rings is 1. The van der Waals surface area contributed by atoms with Crippen LogP contribution in [0.5, 0.6) is 5.75 Å². The second-order valence-corrected chi connectivity index (χ2v) is 6.49. The van der Waals surface area contributed by atoms with Crippen LogP contribution in [0.2, 0.25) is 0 Å². The van der Waals surface area contributed by atoms with E-state index in [0.29, 0.717) is 6.54 Å². The maximum absolute atomic E-state index is 11.9. The molecule has 1 fully saturated rings. The Hall–Kier alpha value is -2.41. The molecule has 23 heavy (non-hydrogen) atoms. The highest BCUT2D eigenvalue weighted by Crippen LogP contribution is 2.29. The second-order valence-electron chi connectivity index (χ2n) is 5.38. The Morgan fingerprint density at radius 3 is 3.04 bits per heavy atom. The van der Waals surface area contributed by atoms with Crippen molar-refractivity contribution in [3.05, 3.63) is 35.3 Å². The summed E-state index contributed by atoms with van der Waals surface area (Å²) in [6, 6.07) is 7.63. The SMILES string of the molecule is COc1cccc(-c2ncc(CN3CC(C(=O)O)CC3=O)s2)c1. The molecule has 7 heteroatoms. The number of carboxylic acids is 1. The van der Waals surface area contributed by atoms with Crippen LogP contribution in [-0.4, -0.2) is 40.5 Å². The molecular weight excluding hydrogens is 316 g/mol. The van der Waals surface area contributed by atoms with Crippen molar-refractivity contribution in [2.45, 2.75) is 13.0 Å². The molecule has 1 saturated heterocycles. The molecule has 2 heterocycles. The number of carbonyl (C=O) groups is 2. The molecule has 1 aromatic carbocycles. The molecule has 1 atom stereocenters. The van der Waals surface area contributed by atoms with Gasteiger partial charge in [0.2, 0.25) is 5.91 Å². The summed E-state index contributed by atoms with van der Waals surface area (Å²) < 4.78 is 5.21. The molecule has 2 aromatic rings. The maximum Gasteiger partial charge on any atom is 0.308 e. The van der Waals surface area contributed by atoms with Gasteiger partial charge in [0.1, 0.15) is 10.8 Å². The quantitative estimate of drug-likeness (QED) is 0.908. The van der Waals surface area contributed by atoms with Crippen LogP contribution in [0.15, 0.2) is 30.5 Å². The van der Waals surface area contributed by atoms with E-state index >= 15 is 0 Å². The fraction of sp³-hybridized carbons (Fsp3) is 0.312. The van der Waals surface area contributed by atoms with Gasteiger partial charge < -0.3 is 14.7 Å². The van der Waals surface area contributed by atoms with E-state index in [9.17, 15) is 9.59 Å². The van der Waals surface area contributed by atoms with E-state index in [4.69, 9.17) is 9.84 Å². The topological polar surface area (TPSA) is 79.7 Å². The van der Waals surface area contributed by atoms with Crippen LogP contribution in [0.4, 0.5) is 0 Å². The average Bonchev–Trinajstić information content (AvgIpc) is 3.15. The Kier molecular flexibility index (Phi) is 4.29. The third kappa shape index (κ3) is 3.34. The number of likely N-dealkylation sites (tertiary alicyclic amines) is 1. The average molecular weight is 332 g/mol. The van der Waals surface area contributed by atoms with Crippen molar-refractivity contribution in [2.24, 2.45) is 5.92 Å². The number of amides is 1. The van der Waals surface area contributed by atoms with Crippen LogP contribution < -0.4 is 4.74 Å². The normalized spacial score (nSPS) is 17.5. The third-order valence-electron chi connectivity index (χ3n) is 3.78. The van der Waals surface area contributed by atoms with Gasteiger partial charge in [-0.3, -0.25) is 9.59 Å². The monoisotopic (exact) mass is 332 g/mol. The van der Waals surface area contributed by atoms with Crippen molar-refractivity contribution in [2.75, 3.05) is 13.7 Å². The van der Waals surface area contributed by atoms with Gasteiger partial charge >= 0.3 is 5.97 Å². The van der Waals surface area contributed by atoms with Crippen molar-refractivity contribution >= 4 is 23.2 Å². The molecule has 0 spiro atoms. The second kappa shape index (κ2) is 6.37. The zero-order chi connectivity index (χ0) is 16.4. The van der Waals surface area contributed by atoms with Crippen molar-refractivity contribution in [3.8, 4) is 16.3 Å². The Bertz CT molecular complexity index is 743. The van der Waals surface area contributed by atoms with Gasteiger partial charge in [0.05, 0.1) is 19.6 Å². The molecule has 0 bridgehead atoms. The van der Waals surface area contributed by atoms with E-state index in [1.165, 1.54) is 11.3 Å². The van der Waals surface area contributed by atoms with Gasteiger partial charge in [-0.2, -0.15) is 0 Å². The molecule has 1 aromatic heterocycles. The molecule has 1 aliphatic heterocycles.